The van der Waals surface area contributed by atoms with Gasteiger partial charge >= 0.3 is 0 Å². The molecule has 2 atom stereocenters. The number of Topliss-reactive ketones (excluding diaryl/α,β-unsaturated/α-hetero) is 1. The topological polar surface area (TPSA) is 17.1 Å². The van der Waals surface area contributed by atoms with Crippen LogP contribution in [0.4, 0.5) is 0 Å². The van der Waals surface area contributed by atoms with Gasteiger partial charge in [0.1, 0.15) is 0 Å². The van der Waals surface area contributed by atoms with Crippen LogP contribution in [0.3, 0.4) is 0 Å². The van der Waals surface area contributed by atoms with Crippen LogP contribution in [0.1, 0.15) is 53.6 Å². The van der Waals surface area contributed by atoms with Gasteiger partial charge in [-0.15, -0.1) is 0 Å². The standard InChI is InChI=1S/C17H18O/c1-11-3-2-4-14-16(11)15(18)7-8-17(14)10-12-5-6-13(17)9-12/h2-5,13H,6-10H2,1H3. The van der Waals surface area contributed by atoms with Crippen molar-refractivity contribution in [3.05, 3.63) is 46.5 Å². The van der Waals surface area contributed by atoms with E-state index in [-0.39, 0.29) is 0 Å². The van der Waals surface area contributed by atoms with Crippen LogP contribution in [0, 0.1) is 12.8 Å². The van der Waals surface area contributed by atoms with Crippen LogP contribution in [0.25, 0.3) is 0 Å². The molecule has 1 nitrogen and oxygen atoms in total. The summed E-state index contributed by atoms with van der Waals surface area (Å²) >= 11 is 0. The lowest BCUT2D eigenvalue weighted by atomic mass is 9.62. The molecule has 0 aliphatic heterocycles. The smallest absolute Gasteiger partial charge is 0.163 e. The van der Waals surface area contributed by atoms with E-state index in [0.717, 1.165) is 24.3 Å². The quantitative estimate of drug-likeness (QED) is 0.625. The Morgan fingerprint density at radius 1 is 1.33 bits per heavy atom. The number of rotatable bonds is 0. The molecule has 0 N–H and O–H groups in total. The van der Waals surface area contributed by atoms with Crippen LogP contribution in [0.5, 0.6) is 0 Å². The Labute approximate surface area is 108 Å². The summed E-state index contributed by atoms with van der Waals surface area (Å²) in [7, 11) is 0. The second-order valence-electron chi connectivity index (χ2n) is 6.25. The van der Waals surface area contributed by atoms with Gasteiger partial charge in [-0.2, -0.15) is 0 Å². The maximum Gasteiger partial charge on any atom is 0.163 e. The largest absolute Gasteiger partial charge is 0.294 e. The third-order valence-corrected chi connectivity index (χ3v) is 5.41. The lowest BCUT2D eigenvalue weighted by Crippen LogP contribution is -2.37. The number of ketones is 1. The molecule has 0 heterocycles. The van der Waals surface area contributed by atoms with Gasteiger partial charge in [0.2, 0.25) is 0 Å². The van der Waals surface area contributed by atoms with Crippen LogP contribution in [0.15, 0.2) is 29.8 Å². The van der Waals surface area contributed by atoms with Crippen LogP contribution in [0.2, 0.25) is 0 Å². The first-order chi connectivity index (χ1) is 8.71. The predicted molar refractivity (Wildman–Crippen MR) is 71.8 cm³/mol. The highest BCUT2D eigenvalue weighted by Crippen LogP contribution is 2.58. The van der Waals surface area contributed by atoms with Crippen molar-refractivity contribution in [2.45, 2.75) is 44.4 Å². The molecule has 2 bridgehead atoms. The minimum Gasteiger partial charge on any atom is -0.294 e. The highest BCUT2D eigenvalue weighted by atomic mass is 16.1. The van der Waals surface area contributed by atoms with Gasteiger partial charge in [0.05, 0.1) is 0 Å². The minimum atomic E-state index is 0.305. The summed E-state index contributed by atoms with van der Waals surface area (Å²) in [6.45, 7) is 2.09. The Balaban J connectivity index is 1.95. The second-order valence-corrected chi connectivity index (χ2v) is 6.25. The molecule has 3 aliphatic rings. The van der Waals surface area contributed by atoms with E-state index < -0.39 is 0 Å². The zero-order chi connectivity index (χ0) is 12.3. The molecule has 18 heavy (non-hydrogen) atoms. The molecule has 1 saturated carbocycles. The predicted octanol–water partition coefficient (Wildman–Crippen LogP) is 3.95. The summed E-state index contributed by atoms with van der Waals surface area (Å²) in [6.07, 6.45) is 7.98. The molecule has 1 aromatic carbocycles. The summed E-state index contributed by atoms with van der Waals surface area (Å²) in [5, 5.41) is 0. The molecule has 92 valence electrons. The molecule has 1 spiro atoms. The molecule has 1 fully saturated rings. The highest BCUT2D eigenvalue weighted by Gasteiger charge is 2.51. The van der Waals surface area contributed by atoms with Crippen molar-refractivity contribution in [3.8, 4) is 0 Å². The number of aryl methyl sites for hydroxylation is 1. The summed E-state index contributed by atoms with van der Waals surface area (Å²) < 4.78 is 0. The Hall–Kier alpha value is -1.37. The average Bonchev–Trinajstić information content (AvgIpc) is 2.95. The molecule has 0 amide bonds. The molecular formula is C17H18O. The number of allylic oxidation sites excluding steroid dienone is 2. The van der Waals surface area contributed by atoms with E-state index in [1.165, 1.54) is 30.4 Å². The normalized spacial score (nSPS) is 32.8. The van der Waals surface area contributed by atoms with E-state index in [0.29, 0.717) is 11.2 Å². The molecule has 0 radical (unpaired) electrons. The molecule has 2 unspecified atom stereocenters. The number of hydrogen-bond donors (Lipinski definition) is 0. The van der Waals surface area contributed by atoms with Gasteiger partial charge in [-0.3, -0.25) is 4.79 Å². The highest BCUT2D eigenvalue weighted by molar-refractivity contribution is 6.00. The molecule has 0 saturated heterocycles. The van der Waals surface area contributed by atoms with Crippen molar-refractivity contribution < 1.29 is 4.79 Å². The van der Waals surface area contributed by atoms with Crippen molar-refractivity contribution in [1.29, 1.82) is 0 Å². The molecule has 1 aromatic rings. The van der Waals surface area contributed by atoms with Crippen molar-refractivity contribution in [1.82, 2.24) is 0 Å². The first kappa shape index (κ1) is 10.5. The maximum atomic E-state index is 12.2. The lowest BCUT2D eigenvalue weighted by molar-refractivity contribution is 0.0938. The fourth-order valence-corrected chi connectivity index (χ4v) is 4.56. The summed E-state index contributed by atoms with van der Waals surface area (Å²) in [5.74, 6) is 1.13. The maximum absolute atomic E-state index is 12.2. The van der Waals surface area contributed by atoms with Crippen LogP contribution in [-0.2, 0) is 5.41 Å². The first-order valence-corrected chi connectivity index (χ1v) is 7.02. The van der Waals surface area contributed by atoms with Gasteiger partial charge < -0.3 is 0 Å². The first-order valence-electron chi connectivity index (χ1n) is 7.02. The SMILES string of the molecule is Cc1cccc2c1C(=O)CCC21CC2=CCC1C2. The number of benzene rings is 1. The third kappa shape index (κ3) is 1.15. The van der Waals surface area contributed by atoms with Gasteiger partial charge in [0.15, 0.2) is 5.78 Å². The van der Waals surface area contributed by atoms with Crippen molar-refractivity contribution in [3.63, 3.8) is 0 Å². The van der Waals surface area contributed by atoms with Gasteiger partial charge in [0.25, 0.3) is 0 Å². The summed E-state index contributed by atoms with van der Waals surface area (Å²) in [4.78, 5) is 12.2. The van der Waals surface area contributed by atoms with E-state index >= 15 is 0 Å². The van der Waals surface area contributed by atoms with Gasteiger partial charge in [-0.05, 0) is 49.7 Å². The molecule has 0 aromatic heterocycles. The van der Waals surface area contributed by atoms with E-state index in [4.69, 9.17) is 0 Å². The van der Waals surface area contributed by atoms with Crippen molar-refractivity contribution >= 4 is 5.78 Å². The van der Waals surface area contributed by atoms with Gasteiger partial charge in [-0.25, -0.2) is 0 Å². The fraction of sp³-hybridized carbons (Fsp3) is 0.471. The van der Waals surface area contributed by atoms with Crippen LogP contribution in [-0.4, -0.2) is 5.78 Å². The molecule has 3 aliphatic carbocycles. The average molecular weight is 238 g/mol. The minimum absolute atomic E-state index is 0.305. The summed E-state index contributed by atoms with van der Waals surface area (Å²) in [5.41, 5.74) is 5.54. The van der Waals surface area contributed by atoms with E-state index in [9.17, 15) is 4.79 Å². The zero-order valence-electron chi connectivity index (χ0n) is 10.8. The second kappa shape index (κ2) is 3.34. The van der Waals surface area contributed by atoms with E-state index in [1.807, 2.05) is 0 Å². The third-order valence-electron chi connectivity index (χ3n) is 5.41. The molecular weight excluding hydrogens is 220 g/mol. The van der Waals surface area contributed by atoms with Gasteiger partial charge in [-0.1, -0.05) is 29.8 Å². The van der Waals surface area contributed by atoms with Crippen LogP contribution >= 0.6 is 0 Å². The Bertz CT molecular complexity index is 581. The Morgan fingerprint density at radius 2 is 2.22 bits per heavy atom. The van der Waals surface area contributed by atoms with Gasteiger partial charge in [0, 0.05) is 17.4 Å². The number of fused-ring (bicyclic) bond motifs is 5. The number of carbonyl (C=O) groups is 1. The molecule has 4 rings (SSSR count). The van der Waals surface area contributed by atoms with E-state index in [1.54, 1.807) is 5.57 Å². The zero-order valence-corrected chi connectivity index (χ0v) is 10.8. The van der Waals surface area contributed by atoms with Crippen LogP contribution < -0.4 is 0 Å². The number of hydrogen-bond acceptors (Lipinski definition) is 1. The van der Waals surface area contributed by atoms with Crippen molar-refractivity contribution in [2.75, 3.05) is 0 Å². The lowest BCUT2D eigenvalue weighted by Gasteiger charge is -2.41. The number of carbonyl (C=O) groups excluding carboxylic acids is 1. The Kier molecular flexibility index (Phi) is 1.96. The molecule has 1 heteroatoms. The van der Waals surface area contributed by atoms with E-state index in [2.05, 4.69) is 31.2 Å². The monoisotopic (exact) mass is 238 g/mol. The fourth-order valence-electron chi connectivity index (χ4n) is 4.56. The summed E-state index contributed by atoms with van der Waals surface area (Å²) in [6, 6.07) is 6.44. The Morgan fingerprint density at radius 3 is 2.94 bits per heavy atom. The van der Waals surface area contributed by atoms with Crippen molar-refractivity contribution in [2.24, 2.45) is 5.92 Å².